The summed E-state index contributed by atoms with van der Waals surface area (Å²) in [4.78, 5) is 31.7. The molecule has 0 aromatic carbocycles. The van der Waals surface area contributed by atoms with Gasteiger partial charge in [-0.15, -0.1) is 0 Å². The predicted octanol–water partition coefficient (Wildman–Crippen LogP) is 4.09. The lowest BCUT2D eigenvalue weighted by atomic mass is 9.98. The Kier molecular flexibility index (Phi) is 6.12. The fourth-order valence-corrected chi connectivity index (χ4v) is 6.19. The molecular formula is C26H27ClFN7O2S. The number of aryl methyl sites for hydroxylation is 2. The molecule has 2 aliphatic rings. The van der Waals surface area contributed by atoms with Crippen LogP contribution in [0.15, 0.2) is 24.4 Å². The largest absolute Gasteiger partial charge is 0.481 e. The molecule has 1 atom stereocenters. The number of imidazole rings is 1. The Labute approximate surface area is 228 Å². The third kappa shape index (κ3) is 4.13. The molecule has 6 rings (SSSR count). The number of amides is 1. The van der Waals surface area contributed by atoms with Crippen molar-refractivity contribution in [3.05, 3.63) is 68.7 Å². The number of hydrogen-bond acceptors (Lipinski definition) is 8. The Bertz CT molecular complexity index is 1560. The quantitative estimate of drug-likeness (QED) is 0.331. The molecule has 0 spiro atoms. The number of nitrogens with zero attached hydrogens (tertiary/aromatic N) is 7. The molecule has 0 saturated heterocycles. The van der Waals surface area contributed by atoms with E-state index < -0.39 is 11.9 Å². The molecule has 0 N–H and O–H groups in total. The van der Waals surface area contributed by atoms with Crippen LogP contribution in [0.25, 0.3) is 4.96 Å². The van der Waals surface area contributed by atoms with Gasteiger partial charge in [0.25, 0.3) is 5.91 Å². The molecule has 1 fully saturated rings. The zero-order valence-corrected chi connectivity index (χ0v) is 23.1. The number of ether oxygens (including phenoxy) is 1. The maximum atomic E-state index is 15.3. The van der Waals surface area contributed by atoms with E-state index in [1.165, 1.54) is 17.4 Å². The lowest BCUT2D eigenvalue weighted by Crippen LogP contribution is -2.44. The molecule has 4 aromatic heterocycles. The summed E-state index contributed by atoms with van der Waals surface area (Å²) in [6.07, 6.45) is 4.15. The van der Waals surface area contributed by atoms with Gasteiger partial charge in [0.1, 0.15) is 22.6 Å². The molecule has 1 aliphatic heterocycles. The third-order valence-electron chi connectivity index (χ3n) is 7.38. The Balaban J connectivity index is 1.30. The zero-order valence-electron chi connectivity index (χ0n) is 21.5. The van der Waals surface area contributed by atoms with Crippen molar-refractivity contribution in [3.63, 3.8) is 0 Å². The molecule has 0 bridgehead atoms. The van der Waals surface area contributed by atoms with Gasteiger partial charge >= 0.3 is 0 Å². The van der Waals surface area contributed by atoms with Crippen molar-refractivity contribution in [2.75, 3.05) is 27.2 Å². The van der Waals surface area contributed by atoms with E-state index in [9.17, 15) is 4.79 Å². The van der Waals surface area contributed by atoms with Crippen molar-refractivity contribution < 1.29 is 13.9 Å². The van der Waals surface area contributed by atoms with Gasteiger partial charge in [-0.1, -0.05) is 22.9 Å². The van der Waals surface area contributed by atoms with E-state index >= 15 is 4.39 Å². The summed E-state index contributed by atoms with van der Waals surface area (Å²) in [6.45, 7) is 3.72. The lowest BCUT2D eigenvalue weighted by molar-refractivity contribution is -0.135. The van der Waals surface area contributed by atoms with Gasteiger partial charge in [-0.25, -0.2) is 18.9 Å². The Morgan fingerprint density at radius 3 is 2.76 bits per heavy atom. The van der Waals surface area contributed by atoms with Gasteiger partial charge in [0.2, 0.25) is 4.96 Å². The van der Waals surface area contributed by atoms with E-state index in [0.29, 0.717) is 34.9 Å². The molecule has 1 saturated carbocycles. The molecule has 38 heavy (non-hydrogen) atoms. The summed E-state index contributed by atoms with van der Waals surface area (Å²) in [5.74, 6) is -0.480. The summed E-state index contributed by atoms with van der Waals surface area (Å²) in [7, 11) is 4.05. The summed E-state index contributed by atoms with van der Waals surface area (Å²) in [6, 6.07) is 4.28. The molecule has 4 aromatic rings. The van der Waals surface area contributed by atoms with Crippen LogP contribution in [0.4, 0.5) is 4.39 Å². The van der Waals surface area contributed by atoms with E-state index in [4.69, 9.17) is 21.3 Å². The van der Waals surface area contributed by atoms with Crippen LogP contribution in [0.2, 0.25) is 5.15 Å². The van der Waals surface area contributed by atoms with Crippen LogP contribution in [-0.4, -0.2) is 67.5 Å². The van der Waals surface area contributed by atoms with Crippen LogP contribution < -0.4 is 4.74 Å². The number of aromatic nitrogens is 5. The SMILES string of the molecule is Cc1cnc([C@@H]2c3c(nc4sc(C)nn34)CCN2C(=O)COc2ccc(C3(N(C)C)CC3)nc2Cl)c(F)c1. The molecule has 1 aliphatic carbocycles. The zero-order chi connectivity index (χ0) is 26.8. The second-order valence-corrected chi connectivity index (χ2v) is 11.6. The topological polar surface area (TPSA) is 88.8 Å². The number of pyridine rings is 2. The van der Waals surface area contributed by atoms with E-state index in [0.717, 1.165) is 29.2 Å². The minimum atomic E-state index is -0.794. The van der Waals surface area contributed by atoms with Gasteiger partial charge in [0, 0.05) is 19.2 Å². The molecule has 1 amide bonds. The Morgan fingerprint density at radius 2 is 2.08 bits per heavy atom. The second kappa shape index (κ2) is 9.25. The van der Waals surface area contributed by atoms with Crippen molar-refractivity contribution in [1.82, 2.24) is 34.4 Å². The summed E-state index contributed by atoms with van der Waals surface area (Å²) in [5, 5.41) is 5.61. The van der Waals surface area contributed by atoms with E-state index in [1.807, 2.05) is 27.1 Å². The average Bonchev–Trinajstić information content (AvgIpc) is 3.52. The first-order valence-corrected chi connectivity index (χ1v) is 13.6. The maximum Gasteiger partial charge on any atom is 0.261 e. The van der Waals surface area contributed by atoms with Gasteiger partial charge in [0.15, 0.2) is 17.5 Å². The highest BCUT2D eigenvalue weighted by Crippen LogP contribution is 2.49. The van der Waals surface area contributed by atoms with Crippen LogP contribution in [0.3, 0.4) is 0 Å². The highest BCUT2D eigenvalue weighted by molar-refractivity contribution is 7.16. The number of rotatable bonds is 6. The highest BCUT2D eigenvalue weighted by Gasteiger charge is 2.48. The Hall–Kier alpha value is -3.15. The first-order chi connectivity index (χ1) is 18.2. The van der Waals surface area contributed by atoms with Crippen LogP contribution >= 0.6 is 22.9 Å². The number of carbonyl (C=O) groups excluding carboxylic acids is 1. The fourth-order valence-electron chi connectivity index (χ4n) is 5.21. The monoisotopic (exact) mass is 555 g/mol. The maximum absolute atomic E-state index is 15.3. The number of fused-ring (bicyclic) bond motifs is 3. The van der Waals surface area contributed by atoms with E-state index in [1.54, 1.807) is 28.6 Å². The lowest BCUT2D eigenvalue weighted by Gasteiger charge is -2.35. The van der Waals surface area contributed by atoms with Crippen LogP contribution in [0.1, 0.15) is 52.2 Å². The van der Waals surface area contributed by atoms with Gasteiger partial charge in [0.05, 0.1) is 22.6 Å². The third-order valence-corrected chi connectivity index (χ3v) is 8.48. The molecule has 0 radical (unpaired) electrons. The normalized spacial score (nSPS) is 18.2. The van der Waals surface area contributed by atoms with Crippen LogP contribution in [0, 0.1) is 19.7 Å². The van der Waals surface area contributed by atoms with Gasteiger partial charge < -0.3 is 9.64 Å². The standard InChI is InChI=1S/C26H27ClFN7O2S/c1-14-11-16(28)21(29-12-14)23-22-17(30-25-35(22)32-15(2)38-25)7-10-34(23)20(36)13-37-18-5-6-19(31-24(18)27)26(8-9-26)33(3)4/h5-6,11-12,23H,7-10,13H2,1-4H3/t23-/m1/s1. The second-order valence-electron chi connectivity index (χ2n) is 10.1. The van der Waals surface area contributed by atoms with E-state index in [2.05, 4.69) is 20.0 Å². The van der Waals surface area contributed by atoms with Gasteiger partial charge in [-0.2, -0.15) is 5.10 Å². The van der Waals surface area contributed by atoms with Gasteiger partial charge in [-0.05, 0) is 64.5 Å². The van der Waals surface area contributed by atoms with Crippen LogP contribution in [0.5, 0.6) is 5.75 Å². The first-order valence-electron chi connectivity index (χ1n) is 12.4. The molecular weight excluding hydrogens is 529 g/mol. The minimum absolute atomic E-state index is 0.0908. The molecule has 198 valence electrons. The summed E-state index contributed by atoms with van der Waals surface area (Å²) >= 11 is 7.91. The number of hydrogen-bond donors (Lipinski definition) is 0. The average molecular weight is 556 g/mol. The summed E-state index contributed by atoms with van der Waals surface area (Å²) in [5.41, 5.74) is 3.09. The van der Waals surface area contributed by atoms with Crippen LogP contribution in [-0.2, 0) is 16.8 Å². The van der Waals surface area contributed by atoms with Crippen molar-refractivity contribution in [2.45, 2.75) is 44.7 Å². The Morgan fingerprint density at radius 1 is 1.29 bits per heavy atom. The molecule has 0 unspecified atom stereocenters. The number of halogens is 2. The number of carbonyl (C=O) groups is 1. The molecule has 12 heteroatoms. The van der Waals surface area contributed by atoms with Crippen molar-refractivity contribution in [1.29, 1.82) is 0 Å². The molecule has 5 heterocycles. The summed E-state index contributed by atoms with van der Waals surface area (Å²) < 4.78 is 22.8. The van der Waals surface area contributed by atoms with Crippen molar-refractivity contribution in [2.24, 2.45) is 0 Å². The van der Waals surface area contributed by atoms with E-state index in [-0.39, 0.29) is 28.9 Å². The molecule has 9 nitrogen and oxygen atoms in total. The first kappa shape index (κ1) is 25.1. The predicted molar refractivity (Wildman–Crippen MR) is 141 cm³/mol. The highest BCUT2D eigenvalue weighted by atomic mass is 35.5. The minimum Gasteiger partial charge on any atom is -0.481 e. The van der Waals surface area contributed by atoms with Crippen molar-refractivity contribution in [3.8, 4) is 5.75 Å². The smallest absolute Gasteiger partial charge is 0.261 e. The van der Waals surface area contributed by atoms with Gasteiger partial charge in [-0.3, -0.25) is 14.7 Å². The van der Waals surface area contributed by atoms with Crippen molar-refractivity contribution >= 4 is 33.8 Å². The fraction of sp³-hybridized carbons (Fsp3) is 0.423.